The predicted molar refractivity (Wildman–Crippen MR) is 69.9 cm³/mol. The van der Waals surface area contributed by atoms with Gasteiger partial charge < -0.3 is 5.32 Å². The maximum Gasteiger partial charge on any atom is 0.287 e. The first-order valence-electron chi connectivity index (χ1n) is 5.62. The number of halogens is 1. The molecular formula is C11H14ClN5O. The fourth-order valence-corrected chi connectivity index (χ4v) is 1.80. The van der Waals surface area contributed by atoms with Gasteiger partial charge in [0.1, 0.15) is 5.02 Å². The van der Waals surface area contributed by atoms with Gasteiger partial charge in [0.15, 0.2) is 0 Å². The Bertz CT molecular complexity index is 563. The fourth-order valence-electron chi connectivity index (χ4n) is 1.56. The Morgan fingerprint density at radius 3 is 3.11 bits per heavy atom. The molecule has 0 saturated carbocycles. The molecular weight excluding hydrogens is 254 g/mol. The molecule has 0 unspecified atom stereocenters. The summed E-state index contributed by atoms with van der Waals surface area (Å²) in [7, 11) is 1.57. The van der Waals surface area contributed by atoms with Crippen molar-refractivity contribution in [2.24, 2.45) is 7.05 Å². The third-order valence-corrected chi connectivity index (χ3v) is 2.94. The number of nitrogens with zero attached hydrogens (tertiary/aromatic N) is 3. The first kappa shape index (κ1) is 12.6. The highest BCUT2D eigenvalue weighted by molar-refractivity contribution is 6.32. The van der Waals surface area contributed by atoms with Crippen molar-refractivity contribution >= 4 is 17.3 Å². The molecule has 0 radical (unpaired) electrons. The summed E-state index contributed by atoms with van der Waals surface area (Å²) in [5, 5.41) is 14.0. The van der Waals surface area contributed by atoms with E-state index in [1.807, 2.05) is 6.07 Å². The molecule has 7 heteroatoms. The van der Waals surface area contributed by atoms with Gasteiger partial charge in [-0.05, 0) is 18.9 Å². The van der Waals surface area contributed by atoms with Gasteiger partial charge in [0.25, 0.3) is 5.56 Å². The summed E-state index contributed by atoms with van der Waals surface area (Å²) in [5.74, 6) is 0. The number of aromatic nitrogens is 4. The molecule has 0 fully saturated rings. The molecule has 0 aliphatic carbocycles. The number of nitrogens with one attached hydrogen (secondary N) is 2. The summed E-state index contributed by atoms with van der Waals surface area (Å²) >= 11 is 5.92. The lowest BCUT2D eigenvalue weighted by Gasteiger charge is -2.07. The third-order valence-electron chi connectivity index (χ3n) is 2.57. The van der Waals surface area contributed by atoms with Gasteiger partial charge >= 0.3 is 0 Å². The maximum atomic E-state index is 11.5. The summed E-state index contributed by atoms with van der Waals surface area (Å²) in [4.78, 5) is 11.5. The van der Waals surface area contributed by atoms with Crippen molar-refractivity contribution in [1.29, 1.82) is 0 Å². The molecule has 6 nitrogen and oxygen atoms in total. The van der Waals surface area contributed by atoms with Gasteiger partial charge in [-0.15, -0.1) is 0 Å². The smallest absolute Gasteiger partial charge is 0.287 e. The van der Waals surface area contributed by atoms with Crippen LogP contribution in [0.2, 0.25) is 5.02 Å². The number of hydrogen-bond donors (Lipinski definition) is 2. The molecule has 18 heavy (non-hydrogen) atoms. The van der Waals surface area contributed by atoms with Crippen molar-refractivity contribution in [2.75, 3.05) is 11.9 Å². The Balaban J connectivity index is 1.87. The van der Waals surface area contributed by atoms with Crippen LogP contribution in [-0.2, 0) is 13.5 Å². The van der Waals surface area contributed by atoms with Crippen LogP contribution in [0, 0.1) is 0 Å². The van der Waals surface area contributed by atoms with Gasteiger partial charge in [-0.25, -0.2) is 4.68 Å². The second-order valence-electron chi connectivity index (χ2n) is 3.91. The first-order valence-corrected chi connectivity index (χ1v) is 6.00. The lowest BCUT2D eigenvalue weighted by molar-refractivity contribution is 0.707. The van der Waals surface area contributed by atoms with Crippen LogP contribution < -0.4 is 10.9 Å². The average Bonchev–Trinajstić information content (AvgIpc) is 2.87. The molecule has 0 bridgehead atoms. The van der Waals surface area contributed by atoms with E-state index in [-0.39, 0.29) is 10.6 Å². The van der Waals surface area contributed by atoms with Crippen LogP contribution >= 0.6 is 11.6 Å². The van der Waals surface area contributed by atoms with Gasteiger partial charge in [-0.1, -0.05) is 11.6 Å². The van der Waals surface area contributed by atoms with Gasteiger partial charge in [0, 0.05) is 25.5 Å². The lowest BCUT2D eigenvalue weighted by atomic mass is 10.2. The van der Waals surface area contributed by atoms with Crippen LogP contribution in [0.1, 0.15) is 12.1 Å². The highest BCUT2D eigenvalue weighted by Gasteiger charge is 2.06. The Morgan fingerprint density at radius 1 is 1.56 bits per heavy atom. The molecule has 2 aromatic rings. The van der Waals surface area contributed by atoms with Crippen LogP contribution in [0.25, 0.3) is 0 Å². The molecule has 2 aromatic heterocycles. The van der Waals surface area contributed by atoms with Crippen molar-refractivity contribution in [1.82, 2.24) is 20.0 Å². The number of aryl methyl sites for hydroxylation is 2. The van der Waals surface area contributed by atoms with Crippen molar-refractivity contribution in [3.63, 3.8) is 0 Å². The molecule has 2 heterocycles. The van der Waals surface area contributed by atoms with Gasteiger partial charge in [0.2, 0.25) is 0 Å². The standard InChI is InChI=1S/C11H14ClN5O/c1-17-11(18)10(12)9(7-15-17)13-5-2-3-8-4-6-14-16-8/h4,6-7,13H,2-3,5H2,1H3,(H,14,16). The zero-order chi connectivity index (χ0) is 13.0. The summed E-state index contributed by atoms with van der Waals surface area (Å²) < 4.78 is 1.21. The molecule has 2 rings (SSSR count). The van der Waals surface area contributed by atoms with Crippen LogP contribution in [0.15, 0.2) is 23.3 Å². The number of aromatic amines is 1. The normalized spacial score (nSPS) is 10.6. The van der Waals surface area contributed by atoms with E-state index in [4.69, 9.17) is 11.6 Å². The fraction of sp³-hybridized carbons (Fsp3) is 0.364. The lowest BCUT2D eigenvalue weighted by Crippen LogP contribution is -2.21. The third kappa shape index (κ3) is 2.89. The van der Waals surface area contributed by atoms with Gasteiger partial charge in [-0.2, -0.15) is 10.2 Å². The van der Waals surface area contributed by atoms with E-state index in [0.717, 1.165) is 18.5 Å². The Morgan fingerprint density at radius 2 is 2.39 bits per heavy atom. The summed E-state index contributed by atoms with van der Waals surface area (Å²) in [5.41, 5.74) is 1.37. The molecule has 2 N–H and O–H groups in total. The summed E-state index contributed by atoms with van der Waals surface area (Å²) in [6, 6.07) is 1.94. The Labute approximate surface area is 109 Å². The average molecular weight is 268 g/mol. The molecule has 96 valence electrons. The minimum atomic E-state index is -0.296. The molecule has 0 spiro atoms. The number of hydrogen-bond acceptors (Lipinski definition) is 4. The highest BCUT2D eigenvalue weighted by Crippen LogP contribution is 2.14. The summed E-state index contributed by atoms with van der Waals surface area (Å²) in [6.45, 7) is 0.716. The van der Waals surface area contributed by atoms with E-state index >= 15 is 0 Å². The molecule has 0 amide bonds. The zero-order valence-electron chi connectivity index (χ0n) is 9.98. The molecule has 0 aliphatic rings. The van der Waals surface area contributed by atoms with Crippen LogP contribution in [0.3, 0.4) is 0 Å². The number of rotatable bonds is 5. The first-order chi connectivity index (χ1) is 8.68. The summed E-state index contributed by atoms with van der Waals surface area (Å²) in [6.07, 6.45) is 5.08. The van der Waals surface area contributed by atoms with Crippen LogP contribution in [-0.4, -0.2) is 26.5 Å². The van der Waals surface area contributed by atoms with Crippen molar-refractivity contribution in [3.05, 3.63) is 39.5 Å². The Hall–Kier alpha value is -1.82. The monoisotopic (exact) mass is 267 g/mol. The maximum absolute atomic E-state index is 11.5. The van der Waals surface area contributed by atoms with E-state index in [9.17, 15) is 4.79 Å². The predicted octanol–water partition coefficient (Wildman–Crippen LogP) is 1.20. The number of anilines is 1. The largest absolute Gasteiger partial charge is 0.382 e. The van der Waals surface area contributed by atoms with Crippen LogP contribution in [0.4, 0.5) is 5.69 Å². The van der Waals surface area contributed by atoms with Crippen LogP contribution in [0.5, 0.6) is 0 Å². The van der Waals surface area contributed by atoms with E-state index in [1.54, 1.807) is 19.4 Å². The van der Waals surface area contributed by atoms with Crippen molar-refractivity contribution < 1.29 is 0 Å². The number of H-pyrrole nitrogens is 1. The molecule has 0 atom stereocenters. The van der Waals surface area contributed by atoms with E-state index in [0.29, 0.717) is 12.2 Å². The SMILES string of the molecule is Cn1ncc(NCCCc2ccn[nH]2)c(Cl)c1=O. The quantitative estimate of drug-likeness (QED) is 0.799. The topological polar surface area (TPSA) is 75.6 Å². The van der Waals surface area contributed by atoms with Crippen molar-refractivity contribution in [2.45, 2.75) is 12.8 Å². The van der Waals surface area contributed by atoms with E-state index < -0.39 is 0 Å². The second-order valence-corrected chi connectivity index (χ2v) is 4.29. The van der Waals surface area contributed by atoms with E-state index in [2.05, 4.69) is 20.6 Å². The molecule has 0 aromatic carbocycles. The zero-order valence-corrected chi connectivity index (χ0v) is 10.7. The molecule has 0 saturated heterocycles. The highest BCUT2D eigenvalue weighted by atomic mass is 35.5. The minimum Gasteiger partial charge on any atom is -0.382 e. The van der Waals surface area contributed by atoms with E-state index in [1.165, 1.54) is 4.68 Å². The Kier molecular flexibility index (Phi) is 3.99. The second kappa shape index (κ2) is 5.68. The van der Waals surface area contributed by atoms with Gasteiger partial charge in [-0.3, -0.25) is 9.89 Å². The molecule has 0 aliphatic heterocycles. The van der Waals surface area contributed by atoms with Gasteiger partial charge in [0.05, 0.1) is 11.9 Å². The minimum absolute atomic E-state index is 0.175. The van der Waals surface area contributed by atoms with Crippen molar-refractivity contribution in [3.8, 4) is 0 Å².